The van der Waals surface area contributed by atoms with E-state index in [2.05, 4.69) is 15.1 Å². The fraction of sp³-hybridized carbons (Fsp3) is 0.167. The first-order chi connectivity index (χ1) is 11.8. The SMILES string of the molecule is COc1cc(OC)c2nccc(C/C(=N/N)c3ccccn3)c2c1. The third-order valence-electron chi connectivity index (χ3n) is 3.80. The van der Waals surface area contributed by atoms with Crippen LogP contribution in [0.5, 0.6) is 11.5 Å². The van der Waals surface area contributed by atoms with Crippen LogP contribution in [0.25, 0.3) is 10.9 Å². The zero-order chi connectivity index (χ0) is 16.9. The van der Waals surface area contributed by atoms with Crippen LogP contribution in [0.1, 0.15) is 11.3 Å². The number of nitrogens with zero attached hydrogens (tertiary/aromatic N) is 3. The van der Waals surface area contributed by atoms with Gasteiger partial charge in [0.05, 0.1) is 25.6 Å². The predicted octanol–water partition coefficient (Wildman–Crippen LogP) is 2.55. The van der Waals surface area contributed by atoms with Gasteiger partial charge in [-0.15, -0.1) is 0 Å². The number of pyridine rings is 2. The molecule has 0 bridgehead atoms. The first kappa shape index (κ1) is 15.7. The van der Waals surface area contributed by atoms with Crippen molar-refractivity contribution in [1.29, 1.82) is 0 Å². The Morgan fingerprint density at radius 2 is 1.96 bits per heavy atom. The summed E-state index contributed by atoms with van der Waals surface area (Å²) < 4.78 is 10.8. The van der Waals surface area contributed by atoms with Crippen LogP contribution in [0.4, 0.5) is 0 Å². The standard InChI is InChI=1S/C18H18N4O2/c1-23-13-10-14-12(6-8-21-18(14)17(11-13)24-2)9-16(22-19)15-5-3-4-7-20-15/h3-8,10-11H,9,19H2,1-2H3/b22-16-. The van der Waals surface area contributed by atoms with E-state index in [0.717, 1.165) is 22.2 Å². The van der Waals surface area contributed by atoms with E-state index in [0.29, 0.717) is 23.6 Å². The van der Waals surface area contributed by atoms with Crippen molar-refractivity contribution >= 4 is 16.6 Å². The van der Waals surface area contributed by atoms with Gasteiger partial charge < -0.3 is 15.3 Å². The van der Waals surface area contributed by atoms with Crippen molar-refractivity contribution in [2.45, 2.75) is 6.42 Å². The van der Waals surface area contributed by atoms with Crippen molar-refractivity contribution < 1.29 is 9.47 Å². The number of benzene rings is 1. The Kier molecular flexibility index (Phi) is 4.56. The normalized spacial score (nSPS) is 11.5. The second kappa shape index (κ2) is 6.95. The number of ether oxygens (including phenoxy) is 2. The number of hydrazone groups is 1. The number of hydrogen-bond acceptors (Lipinski definition) is 6. The van der Waals surface area contributed by atoms with Crippen molar-refractivity contribution in [1.82, 2.24) is 9.97 Å². The third-order valence-corrected chi connectivity index (χ3v) is 3.80. The molecule has 3 aromatic rings. The summed E-state index contributed by atoms with van der Waals surface area (Å²) in [7, 11) is 3.24. The number of rotatable bonds is 5. The highest BCUT2D eigenvalue weighted by Gasteiger charge is 2.13. The minimum Gasteiger partial charge on any atom is -0.497 e. The predicted molar refractivity (Wildman–Crippen MR) is 93.5 cm³/mol. The lowest BCUT2D eigenvalue weighted by Crippen LogP contribution is -2.10. The summed E-state index contributed by atoms with van der Waals surface area (Å²) in [6.45, 7) is 0. The Bertz CT molecular complexity index is 879. The van der Waals surface area contributed by atoms with Gasteiger partial charge >= 0.3 is 0 Å². The van der Waals surface area contributed by atoms with E-state index in [1.165, 1.54) is 0 Å². The molecule has 0 aliphatic rings. The van der Waals surface area contributed by atoms with Crippen LogP contribution in [0.15, 0.2) is 53.9 Å². The molecule has 2 aromatic heterocycles. The van der Waals surface area contributed by atoms with Gasteiger partial charge in [0.25, 0.3) is 0 Å². The van der Waals surface area contributed by atoms with E-state index in [4.69, 9.17) is 15.3 Å². The van der Waals surface area contributed by atoms with Crippen molar-refractivity contribution in [2.75, 3.05) is 14.2 Å². The molecule has 0 unspecified atom stereocenters. The third kappa shape index (κ3) is 2.99. The average molecular weight is 322 g/mol. The van der Waals surface area contributed by atoms with E-state index >= 15 is 0 Å². The lowest BCUT2D eigenvalue weighted by Gasteiger charge is -2.12. The molecular formula is C18H18N4O2. The van der Waals surface area contributed by atoms with Gasteiger partial charge in [0.1, 0.15) is 17.0 Å². The molecule has 0 saturated carbocycles. The van der Waals surface area contributed by atoms with Crippen molar-refractivity contribution in [3.63, 3.8) is 0 Å². The first-order valence-corrected chi connectivity index (χ1v) is 7.44. The van der Waals surface area contributed by atoms with Crippen molar-refractivity contribution in [3.05, 3.63) is 60.0 Å². The molecule has 1 aromatic carbocycles. The average Bonchev–Trinajstić information content (AvgIpc) is 2.65. The molecule has 0 amide bonds. The number of hydrogen-bond donors (Lipinski definition) is 1. The lowest BCUT2D eigenvalue weighted by molar-refractivity contribution is 0.397. The van der Waals surface area contributed by atoms with Crippen LogP contribution in [0.3, 0.4) is 0 Å². The summed E-state index contributed by atoms with van der Waals surface area (Å²) in [4.78, 5) is 8.74. The van der Waals surface area contributed by atoms with Crippen LogP contribution in [0, 0.1) is 0 Å². The number of methoxy groups -OCH3 is 2. The number of nitrogens with two attached hydrogens (primary N) is 1. The van der Waals surface area contributed by atoms with Crippen LogP contribution in [0.2, 0.25) is 0 Å². The molecule has 0 fully saturated rings. The topological polar surface area (TPSA) is 82.6 Å². The second-order valence-corrected chi connectivity index (χ2v) is 5.16. The summed E-state index contributed by atoms with van der Waals surface area (Å²) in [5.41, 5.74) is 3.24. The highest BCUT2D eigenvalue weighted by Crippen LogP contribution is 2.31. The van der Waals surface area contributed by atoms with Gasteiger partial charge in [-0.1, -0.05) is 6.07 Å². The largest absolute Gasteiger partial charge is 0.497 e. The lowest BCUT2D eigenvalue weighted by atomic mass is 10.0. The van der Waals surface area contributed by atoms with E-state index < -0.39 is 0 Å². The van der Waals surface area contributed by atoms with E-state index in [1.54, 1.807) is 26.6 Å². The Morgan fingerprint density at radius 3 is 2.62 bits per heavy atom. The van der Waals surface area contributed by atoms with Gasteiger partial charge in [-0.05, 0) is 29.8 Å². The quantitative estimate of drug-likeness (QED) is 0.443. The molecule has 3 rings (SSSR count). The Morgan fingerprint density at radius 1 is 1.08 bits per heavy atom. The first-order valence-electron chi connectivity index (χ1n) is 7.44. The van der Waals surface area contributed by atoms with Gasteiger partial charge in [-0.25, -0.2) is 0 Å². The second-order valence-electron chi connectivity index (χ2n) is 5.16. The molecule has 0 saturated heterocycles. The summed E-state index contributed by atoms with van der Waals surface area (Å²) in [5, 5.41) is 4.85. The van der Waals surface area contributed by atoms with Gasteiger partial charge in [-0.3, -0.25) is 9.97 Å². The van der Waals surface area contributed by atoms with Crippen LogP contribution >= 0.6 is 0 Å². The number of fused-ring (bicyclic) bond motifs is 1. The molecular weight excluding hydrogens is 304 g/mol. The molecule has 2 heterocycles. The Balaban J connectivity index is 2.09. The molecule has 0 aliphatic carbocycles. The maximum atomic E-state index is 5.59. The minimum atomic E-state index is 0.531. The van der Waals surface area contributed by atoms with E-state index in [1.807, 2.05) is 36.4 Å². The molecule has 2 N–H and O–H groups in total. The summed E-state index contributed by atoms with van der Waals surface area (Å²) in [6.07, 6.45) is 4.00. The molecule has 0 radical (unpaired) electrons. The molecule has 0 atom stereocenters. The molecule has 6 nitrogen and oxygen atoms in total. The smallest absolute Gasteiger partial charge is 0.148 e. The van der Waals surface area contributed by atoms with Gasteiger partial charge in [0.15, 0.2) is 0 Å². The van der Waals surface area contributed by atoms with E-state index in [-0.39, 0.29) is 0 Å². The fourth-order valence-electron chi connectivity index (χ4n) is 2.60. The summed E-state index contributed by atoms with van der Waals surface area (Å²) >= 11 is 0. The summed E-state index contributed by atoms with van der Waals surface area (Å²) in [6, 6.07) is 11.3. The monoisotopic (exact) mass is 322 g/mol. The van der Waals surface area contributed by atoms with Crippen molar-refractivity contribution in [3.8, 4) is 11.5 Å². The maximum absolute atomic E-state index is 5.59. The highest BCUT2D eigenvalue weighted by molar-refractivity contribution is 6.02. The maximum Gasteiger partial charge on any atom is 0.148 e. The van der Waals surface area contributed by atoms with Crippen LogP contribution < -0.4 is 15.3 Å². The van der Waals surface area contributed by atoms with Gasteiger partial charge in [0.2, 0.25) is 0 Å². The van der Waals surface area contributed by atoms with Crippen LogP contribution in [-0.2, 0) is 6.42 Å². The Labute approximate surface area is 140 Å². The fourth-order valence-corrected chi connectivity index (χ4v) is 2.60. The van der Waals surface area contributed by atoms with E-state index in [9.17, 15) is 0 Å². The minimum absolute atomic E-state index is 0.531. The molecule has 0 spiro atoms. The van der Waals surface area contributed by atoms with Crippen molar-refractivity contribution in [2.24, 2.45) is 10.9 Å². The number of aromatic nitrogens is 2. The van der Waals surface area contributed by atoms with Gasteiger partial charge in [0, 0.05) is 30.3 Å². The molecule has 0 aliphatic heterocycles. The van der Waals surface area contributed by atoms with Crippen LogP contribution in [-0.4, -0.2) is 29.9 Å². The summed E-state index contributed by atoms with van der Waals surface area (Å²) in [5.74, 6) is 6.96. The Hall–Kier alpha value is -3.15. The molecule has 122 valence electrons. The zero-order valence-corrected chi connectivity index (χ0v) is 13.6. The zero-order valence-electron chi connectivity index (χ0n) is 13.6. The molecule has 24 heavy (non-hydrogen) atoms. The van der Waals surface area contributed by atoms with Gasteiger partial charge in [-0.2, -0.15) is 5.10 Å². The highest BCUT2D eigenvalue weighted by atomic mass is 16.5. The molecule has 6 heteroatoms.